The van der Waals surface area contributed by atoms with Crippen LogP contribution >= 0.6 is 0 Å². The first-order valence-electron chi connectivity index (χ1n) is 9.12. The van der Waals surface area contributed by atoms with E-state index in [2.05, 4.69) is 22.3 Å². The first-order chi connectivity index (χ1) is 12.7. The number of benzene rings is 2. The van der Waals surface area contributed by atoms with Gasteiger partial charge in [-0.3, -0.25) is 4.90 Å². The highest BCUT2D eigenvalue weighted by molar-refractivity contribution is 5.67. The van der Waals surface area contributed by atoms with Crippen molar-refractivity contribution >= 4 is 6.09 Å². The van der Waals surface area contributed by atoms with E-state index in [1.165, 1.54) is 5.56 Å². The van der Waals surface area contributed by atoms with Gasteiger partial charge in [-0.15, -0.1) is 0 Å². The molecule has 2 aromatic rings. The molecule has 2 N–H and O–H groups in total. The zero-order valence-electron chi connectivity index (χ0n) is 14.9. The average molecular weight is 354 g/mol. The fourth-order valence-electron chi connectivity index (χ4n) is 3.05. The maximum atomic E-state index is 11.8. The molecular formula is C21H26N2O3. The Morgan fingerprint density at radius 2 is 1.65 bits per heavy atom. The summed E-state index contributed by atoms with van der Waals surface area (Å²) in [6.07, 6.45) is 1.16. The molecule has 0 radical (unpaired) electrons. The molecule has 1 aliphatic heterocycles. The second-order valence-electron chi connectivity index (χ2n) is 6.74. The van der Waals surface area contributed by atoms with Crippen molar-refractivity contribution in [2.75, 3.05) is 13.1 Å². The Balaban J connectivity index is 1.39. The van der Waals surface area contributed by atoms with Crippen LogP contribution in [0.2, 0.25) is 0 Å². The third-order valence-electron chi connectivity index (χ3n) is 4.64. The number of likely N-dealkylation sites (tertiary alicyclic amines) is 1. The van der Waals surface area contributed by atoms with Crippen molar-refractivity contribution in [3.63, 3.8) is 0 Å². The highest BCUT2D eigenvalue weighted by atomic mass is 16.5. The number of hydrogen-bond acceptors (Lipinski definition) is 4. The van der Waals surface area contributed by atoms with Gasteiger partial charge in [-0.2, -0.15) is 0 Å². The molecule has 3 rings (SSSR count). The van der Waals surface area contributed by atoms with Gasteiger partial charge < -0.3 is 15.2 Å². The molecule has 0 spiro atoms. The molecule has 1 saturated heterocycles. The number of carbonyl (C=O) groups excluding carboxylic acids is 1. The summed E-state index contributed by atoms with van der Waals surface area (Å²) in [6, 6.07) is 17.9. The van der Waals surface area contributed by atoms with Gasteiger partial charge in [0.15, 0.2) is 0 Å². The van der Waals surface area contributed by atoms with Crippen molar-refractivity contribution in [2.45, 2.75) is 38.6 Å². The van der Waals surface area contributed by atoms with Crippen LogP contribution in [0.15, 0.2) is 54.6 Å². The Bertz CT molecular complexity index is 680. The van der Waals surface area contributed by atoms with Crippen LogP contribution in [0.5, 0.6) is 0 Å². The van der Waals surface area contributed by atoms with Gasteiger partial charge in [-0.05, 0) is 29.5 Å². The van der Waals surface area contributed by atoms with E-state index in [-0.39, 0.29) is 12.7 Å². The van der Waals surface area contributed by atoms with Crippen molar-refractivity contribution in [1.29, 1.82) is 0 Å². The first kappa shape index (κ1) is 18.4. The molecule has 1 heterocycles. The number of nitrogens with zero attached hydrogens (tertiary/aromatic N) is 1. The highest BCUT2D eigenvalue weighted by Crippen LogP contribution is 2.14. The highest BCUT2D eigenvalue weighted by Gasteiger charge is 2.16. The third-order valence-corrected chi connectivity index (χ3v) is 4.64. The van der Waals surface area contributed by atoms with Gasteiger partial charge in [0, 0.05) is 26.2 Å². The van der Waals surface area contributed by atoms with Crippen LogP contribution in [0.1, 0.15) is 29.5 Å². The van der Waals surface area contributed by atoms with Crippen molar-refractivity contribution in [3.05, 3.63) is 71.3 Å². The number of ether oxygens (including phenoxy) is 1. The molecule has 138 valence electrons. The number of alkyl carbamates (subject to hydrolysis) is 1. The molecule has 5 heteroatoms. The molecule has 1 aliphatic rings. The van der Waals surface area contributed by atoms with E-state index in [0.717, 1.165) is 43.6 Å². The maximum absolute atomic E-state index is 11.8. The number of amides is 1. The van der Waals surface area contributed by atoms with E-state index < -0.39 is 6.09 Å². The second kappa shape index (κ2) is 9.36. The fraction of sp³-hybridized carbons (Fsp3) is 0.381. The van der Waals surface area contributed by atoms with E-state index >= 15 is 0 Å². The van der Waals surface area contributed by atoms with Crippen LogP contribution < -0.4 is 5.32 Å². The van der Waals surface area contributed by atoms with E-state index in [0.29, 0.717) is 6.54 Å². The quantitative estimate of drug-likeness (QED) is 0.837. The van der Waals surface area contributed by atoms with Gasteiger partial charge in [-0.25, -0.2) is 4.79 Å². The minimum absolute atomic E-state index is 0.138. The molecule has 0 bridgehead atoms. The lowest BCUT2D eigenvalue weighted by Crippen LogP contribution is -2.35. The topological polar surface area (TPSA) is 61.8 Å². The summed E-state index contributed by atoms with van der Waals surface area (Å²) in [4.78, 5) is 14.1. The average Bonchev–Trinajstić information content (AvgIpc) is 2.68. The summed E-state index contributed by atoms with van der Waals surface area (Å²) in [5.74, 6) is 0. The Labute approximate surface area is 154 Å². The standard InChI is InChI=1S/C21H26N2O3/c24-20-10-12-23(13-11-20)15-18-8-6-17(7-9-18)14-22-21(25)26-16-19-4-2-1-3-5-19/h1-9,20,24H,10-16H2,(H,22,25). The second-order valence-corrected chi connectivity index (χ2v) is 6.74. The fourth-order valence-corrected chi connectivity index (χ4v) is 3.05. The number of carbonyl (C=O) groups is 1. The number of rotatable bonds is 6. The monoisotopic (exact) mass is 354 g/mol. The van der Waals surface area contributed by atoms with Crippen LogP contribution in [-0.4, -0.2) is 35.3 Å². The summed E-state index contributed by atoms with van der Waals surface area (Å²) in [5, 5.41) is 12.3. The lowest BCUT2D eigenvalue weighted by molar-refractivity contribution is 0.0792. The molecule has 0 aromatic heterocycles. The lowest BCUT2D eigenvalue weighted by Gasteiger charge is -2.29. The predicted octanol–water partition coefficient (Wildman–Crippen LogP) is 3.07. The Hall–Kier alpha value is -2.37. The van der Waals surface area contributed by atoms with Crippen molar-refractivity contribution in [2.24, 2.45) is 0 Å². The van der Waals surface area contributed by atoms with E-state index in [1.807, 2.05) is 42.5 Å². The van der Waals surface area contributed by atoms with E-state index in [1.54, 1.807) is 0 Å². The third kappa shape index (κ3) is 5.86. The number of nitrogens with one attached hydrogen (secondary N) is 1. The van der Waals surface area contributed by atoms with Crippen molar-refractivity contribution in [3.8, 4) is 0 Å². The normalized spacial score (nSPS) is 15.6. The molecule has 1 amide bonds. The van der Waals surface area contributed by atoms with Crippen LogP contribution in [0.4, 0.5) is 4.79 Å². The molecular weight excluding hydrogens is 328 g/mol. The molecule has 0 unspecified atom stereocenters. The Morgan fingerprint density at radius 3 is 2.35 bits per heavy atom. The van der Waals surface area contributed by atoms with Gasteiger partial charge in [0.2, 0.25) is 0 Å². The van der Waals surface area contributed by atoms with Gasteiger partial charge in [0.1, 0.15) is 6.61 Å². The minimum atomic E-state index is -0.412. The molecule has 1 fully saturated rings. The maximum Gasteiger partial charge on any atom is 0.407 e. The van der Waals surface area contributed by atoms with Crippen LogP contribution in [0.3, 0.4) is 0 Å². The van der Waals surface area contributed by atoms with Gasteiger partial charge in [-0.1, -0.05) is 54.6 Å². The summed E-state index contributed by atoms with van der Waals surface area (Å²) in [5.41, 5.74) is 3.26. The van der Waals surface area contributed by atoms with E-state index in [9.17, 15) is 9.90 Å². The number of aliphatic hydroxyl groups excluding tert-OH is 1. The number of aliphatic hydroxyl groups is 1. The zero-order valence-corrected chi connectivity index (χ0v) is 14.9. The molecule has 0 aliphatic carbocycles. The lowest BCUT2D eigenvalue weighted by atomic mass is 10.1. The van der Waals surface area contributed by atoms with Crippen molar-refractivity contribution < 1.29 is 14.6 Å². The van der Waals surface area contributed by atoms with Gasteiger partial charge in [0.25, 0.3) is 0 Å². The van der Waals surface area contributed by atoms with Crippen LogP contribution in [0, 0.1) is 0 Å². The van der Waals surface area contributed by atoms with E-state index in [4.69, 9.17) is 4.74 Å². The Morgan fingerprint density at radius 1 is 1.00 bits per heavy atom. The summed E-state index contributed by atoms with van der Waals surface area (Å²) < 4.78 is 5.21. The smallest absolute Gasteiger partial charge is 0.407 e. The Kier molecular flexibility index (Phi) is 6.63. The molecule has 0 saturated carbocycles. The zero-order chi connectivity index (χ0) is 18.2. The molecule has 5 nitrogen and oxygen atoms in total. The molecule has 26 heavy (non-hydrogen) atoms. The molecule has 2 aromatic carbocycles. The van der Waals surface area contributed by atoms with Crippen LogP contribution in [0.25, 0.3) is 0 Å². The van der Waals surface area contributed by atoms with Crippen molar-refractivity contribution in [1.82, 2.24) is 10.2 Å². The minimum Gasteiger partial charge on any atom is -0.445 e. The summed E-state index contributed by atoms with van der Waals surface area (Å²) in [6.45, 7) is 3.51. The first-order valence-corrected chi connectivity index (χ1v) is 9.12. The summed E-state index contributed by atoms with van der Waals surface area (Å²) >= 11 is 0. The molecule has 0 atom stereocenters. The largest absolute Gasteiger partial charge is 0.445 e. The predicted molar refractivity (Wildman–Crippen MR) is 100 cm³/mol. The number of hydrogen-bond donors (Lipinski definition) is 2. The van der Waals surface area contributed by atoms with Gasteiger partial charge in [0.05, 0.1) is 6.10 Å². The number of piperidine rings is 1. The van der Waals surface area contributed by atoms with Crippen LogP contribution in [-0.2, 0) is 24.4 Å². The summed E-state index contributed by atoms with van der Waals surface area (Å²) in [7, 11) is 0. The SMILES string of the molecule is O=C(NCc1ccc(CN2CCC(O)CC2)cc1)OCc1ccccc1. The van der Waals surface area contributed by atoms with Gasteiger partial charge >= 0.3 is 6.09 Å².